The van der Waals surface area contributed by atoms with Crippen molar-refractivity contribution in [3.05, 3.63) is 0 Å². The van der Waals surface area contributed by atoms with Crippen LogP contribution >= 0.6 is 0 Å². The molecule has 0 bridgehead atoms. The molecule has 16 heteroatoms. The molecule has 0 fully saturated rings. The summed E-state index contributed by atoms with van der Waals surface area (Å²) in [6, 6.07) is 0. The Hall–Kier alpha value is -4.16. The number of hydrogen-bond acceptors (Lipinski definition) is 12. The van der Waals surface area contributed by atoms with Crippen LogP contribution in [0, 0.1) is 0 Å². The minimum Gasteiger partial charge on any atom is -0.450 e. The van der Waals surface area contributed by atoms with Gasteiger partial charge in [0.2, 0.25) is 12.2 Å². The lowest BCUT2D eigenvalue weighted by Gasteiger charge is -2.09. The van der Waals surface area contributed by atoms with Gasteiger partial charge in [0, 0.05) is 26.2 Å². The van der Waals surface area contributed by atoms with Crippen molar-refractivity contribution in [1.82, 2.24) is 21.3 Å². The van der Waals surface area contributed by atoms with E-state index in [0.29, 0.717) is 65.0 Å². The van der Waals surface area contributed by atoms with Crippen LogP contribution in [0.15, 0.2) is 9.98 Å². The summed E-state index contributed by atoms with van der Waals surface area (Å²) in [5, 5.41) is 10.8. The smallest absolute Gasteiger partial charge is 0.407 e. The Labute approximate surface area is 283 Å². The summed E-state index contributed by atoms with van der Waals surface area (Å²) in [6.45, 7) is 4.00. The van der Waals surface area contributed by atoms with Crippen LogP contribution in [0.4, 0.5) is 19.2 Å². The first-order valence-corrected chi connectivity index (χ1v) is 17.2. The van der Waals surface area contributed by atoms with E-state index in [0.717, 1.165) is 77.0 Å². The summed E-state index contributed by atoms with van der Waals surface area (Å²) in [5.41, 5.74) is 0. The van der Waals surface area contributed by atoms with Gasteiger partial charge < -0.3 is 40.2 Å². The number of alkyl carbamates (subject to hydrolysis) is 4. The Balaban J connectivity index is 3.40. The highest BCUT2D eigenvalue weighted by molar-refractivity contribution is 5.68. The number of amides is 4. The van der Waals surface area contributed by atoms with E-state index in [1.54, 1.807) is 0 Å². The molecular weight excluding hydrogens is 628 g/mol. The zero-order chi connectivity index (χ0) is 35.2. The average Bonchev–Trinajstić information content (AvgIpc) is 3.07. The van der Waals surface area contributed by atoms with Crippen molar-refractivity contribution in [1.29, 1.82) is 0 Å². The molecule has 0 unspecified atom stereocenters. The molecule has 0 aliphatic heterocycles. The molecule has 0 aliphatic rings. The third-order valence-corrected chi connectivity index (χ3v) is 6.71. The topological polar surface area (TPSA) is 212 Å². The molecular formula is C32H56N6O10. The van der Waals surface area contributed by atoms with Crippen molar-refractivity contribution in [2.24, 2.45) is 9.98 Å². The number of unbranched alkanes of at least 4 members (excludes halogenated alkanes) is 11. The molecule has 0 aliphatic carbocycles. The normalized spacial score (nSPS) is 10.1. The van der Waals surface area contributed by atoms with Gasteiger partial charge in [0.15, 0.2) is 0 Å². The number of hydrogen-bond donors (Lipinski definition) is 4. The summed E-state index contributed by atoms with van der Waals surface area (Å²) in [5.74, 6) is 0. The molecule has 0 spiro atoms. The molecule has 0 atom stereocenters. The number of aliphatic imine (C=N–C) groups is 2. The number of carbonyl (C=O) groups excluding carboxylic acids is 6. The molecule has 0 saturated carbocycles. The van der Waals surface area contributed by atoms with Crippen molar-refractivity contribution in [3.8, 4) is 0 Å². The summed E-state index contributed by atoms with van der Waals surface area (Å²) in [4.78, 5) is 73.7. The quantitative estimate of drug-likeness (QED) is 0.0339. The predicted octanol–water partition coefficient (Wildman–Crippen LogP) is 4.80. The minimum absolute atomic E-state index is 0.238. The van der Waals surface area contributed by atoms with Gasteiger partial charge in [0.25, 0.3) is 0 Å². The summed E-state index contributed by atoms with van der Waals surface area (Å²) < 4.78 is 20.4. The van der Waals surface area contributed by atoms with Gasteiger partial charge in [-0.2, -0.15) is 0 Å². The van der Waals surface area contributed by atoms with Gasteiger partial charge in [0.1, 0.15) is 0 Å². The minimum atomic E-state index is -0.479. The van der Waals surface area contributed by atoms with Crippen LogP contribution < -0.4 is 21.3 Å². The maximum atomic E-state index is 11.8. The van der Waals surface area contributed by atoms with Gasteiger partial charge in [-0.05, 0) is 64.2 Å². The highest BCUT2D eigenvalue weighted by Gasteiger charge is 2.05. The monoisotopic (exact) mass is 684 g/mol. The van der Waals surface area contributed by atoms with E-state index >= 15 is 0 Å². The molecule has 4 N–H and O–H groups in total. The van der Waals surface area contributed by atoms with E-state index in [1.807, 2.05) is 0 Å². The number of nitrogens with one attached hydrogen (secondary N) is 4. The van der Waals surface area contributed by atoms with Gasteiger partial charge in [-0.15, -0.1) is 0 Å². The Morgan fingerprint density at radius 3 is 0.875 bits per heavy atom. The number of carbonyl (C=O) groups is 4. The van der Waals surface area contributed by atoms with Gasteiger partial charge in [0.05, 0.1) is 39.5 Å². The van der Waals surface area contributed by atoms with Crippen LogP contribution in [0.5, 0.6) is 0 Å². The molecule has 0 aromatic rings. The second-order valence-corrected chi connectivity index (χ2v) is 10.9. The fraction of sp³-hybridized carbons (Fsp3) is 0.812. The maximum Gasteiger partial charge on any atom is 0.407 e. The van der Waals surface area contributed by atoms with E-state index in [-0.39, 0.29) is 26.4 Å². The number of isocyanates is 2. The Morgan fingerprint density at radius 1 is 0.375 bits per heavy atom. The summed E-state index contributed by atoms with van der Waals surface area (Å²) in [6.07, 6.45) is 13.9. The van der Waals surface area contributed by atoms with Gasteiger partial charge in [-0.25, -0.2) is 38.8 Å². The van der Waals surface area contributed by atoms with Gasteiger partial charge in [-0.3, -0.25) is 0 Å². The first-order valence-electron chi connectivity index (χ1n) is 17.2. The summed E-state index contributed by atoms with van der Waals surface area (Å²) in [7, 11) is 0. The molecule has 48 heavy (non-hydrogen) atoms. The number of rotatable bonds is 31. The van der Waals surface area contributed by atoms with Gasteiger partial charge >= 0.3 is 24.4 Å². The van der Waals surface area contributed by atoms with Crippen LogP contribution in [0.1, 0.15) is 103 Å². The molecule has 0 saturated heterocycles. The highest BCUT2D eigenvalue weighted by atomic mass is 16.6. The van der Waals surface area contributed by atoms with Crippen LogP contribution in [0.25, 0.3) is 0 Å². The molecule has 0 aromatic carbocycles. The van der Waals surface area contributed by atoms with Crippen LogP contribution in [0.3, 0.4) is 0 Å². The molecule has 4 amide bonds. The fourth-order valence-corrected chi connectivity index (χ4v) is 4.07. The maximum absolute atomic E-state index is 11.8. The van der Waals surface area contributed by atoms with Crippen molar-refractivity contribution in [3.63, 3.8) is 0 Å². The summed E-state index contributed by atoms with van der Waals surface area (Å²) >= 11 is 0. The van der Waals surface area contributed by atoms with Crippen molar-refractivity contribution < 1.29 is 47.7 Å². The standard InChI is InChI=1S/C32H56N6O10/c39-27-33-17-7-1-3-9-19-35-29(41)45-23-13-15-25-47-31(43)37-21-11-5-6-12-22-38-32(44)48-26-16-14-24-46-30(42)36-20-10-4-2-8-18-34-28-40/h1-26H2,(H,35,41)(H,36,42)(H,37,43)(H,38,44). The van der Waals surface area contributed by atoms with E-state index < -0.39 is 24.4 Å². The van der Waals surface area contributed by atoms with Crippen LogP contribution in [0.2, 0.25) is 0 Å². The van der Waals surface area contributed by atoms with E-state index in [1.165, 1.54) is 12.2 Å². The van der Waals surface area contributed by atoms with Crippen LogP contribution in [-0.2, 0) is 28.5 Å². The van der Waals surface area contributed by atoms with E-state index in [2.05, 4.69) is 31.3 Å². The zero-order valence-electron chi connectivity index (χ0n) is 28.4. The van der Waals surface area contributed by atoms with Crippen molar-refractivity contribution in [2.45, 2.75) is 103 Å². The lowest BCUT2D eigenvalue weighted by Crippen LogP contribution is -2.27. The average molecular weight is 685 g/mol. The Morgan fingerprint density at radius 2 is 0.625 bits per heavy atom. The fourth-order valence-electron chi connectivity index (χ4n) is 4.07. The van der Waals surface area contributed by atoms with E-state index in [4.69, 9.17) is 18.9 Å². The predicted molar refractivity (Wildman–Crippen MR) is 177 cm³/mol. The molecule has 16 nitrogen and oxygen atoms in total. The molecule has 0 rings (SSSR count). The third-order valence-electron chi connectivity index (χ3n) is 6.71. The van der Waals surface area contributed by atoms with Gasteiger partial charge in [-0.1, -0.05) is 38.5 Å². The van der Waals surface area contributed by atoms with E-state index in [9.17, 15) is 28.8 Å². The second kappa shape index (κ2) is 35.7. The Bertz CT molecular complexity index is 868. The van der Waals surface area contributed by atoms with Crippen LogP contribution in [-0.4, -0.2) is 102 Å². The van der Waals surface area contributed by atoms with Crippen molar-refractivity contribution in [2.75, 3.05) is 65.7 Å². The zero-order valence-corrected chi connectivity index (χ0v) is 28.4. The first kappa shape index (κ1) is 43.8. The molecule has 0 heterocycles. The number of nitrogens with zero attached hydrogens (tertiary/aromatic N) is 2. The lowest BCUT2D eigenvalue weighted by molar-refractivity contribution is 0.128. The Kier molecular flexibility index (Phi) is 32.6. The third kappa shape index (κ3) is 34.7. The molecule has 0 aromatic heterocycles. The lowest BCUT2D eigenvalue weighted by atomic mass is 10.2. The first-order chi connectivity index (χ1) is 23.5. The largest absolute Gasteiger partial charge is 0.450 e. The second-order valence-electron chi connectivity index (χ2n) is 10.9. The molecule has 274 valence electrons. The number of ether oxygens (including phenoxy) is 4. The SMILES string of the molecule is O=C=NCCCCCCNC(=O)OCCCCOC(=O)NCCCCCCNC(=O)OCCCCOC(=O)NCCCCCCN=C=O. The highest BCUT2D eigenvalue weighted by Crippen LogP contribution is 2.01. The van der Waals surface area contributed by atoms with Crippen molar-refractivity contribution >= 4 is 36.5 Å². The molecule has 0 radical (unpaired) electrons.